The molecule has 2 amide bonds. The Morgan fingerprint density at radius 1 is 1.17 bits per heavy atom. The molecule has 0 saturated carbocycles. The third-order valence-corrected chi connectivity index (χ3v) is 3.71. The first kappa shape index (κ1) is 17.7. The largest absolute Gasteiger partial charge is 0.326 e. The second-order valence-corrected chi connectivity index (χ2v) is 5.62. The number of anilines is 1. The molecule has 1 atom stereocenters. The van der Waals surface area contributed by atoms with Crippen LogP contribution >= 0.6 is 0 Å². The van der Waals surface area contributed by atoms with Crippen LogP contribution in [0.5, 0.6) is 0 Å². The number of hydrogen-bond donors (Lipinski definition) is 3. The van der Waals surface area contributed by atoms with Crippen molar-refractivity contribution in [3.8, 4) is 0 Å². The fourth-order valence-electron chi connectivity index (χ4n) is 2.42. The molecule has 0 bridgehead atoms. The molecule has 0 aliphatic heterocycles. The molecule has 0 spiro atoms. The standard InChI is InChI=1S/C18H22N4O2/c1-13(24)21-17-4-2-3-15(11-17)6-5-14-7-9-16(10-8-14)18(19)22(20)12-23/h2-4,7-12,18H,5-6,19-20H2,1H3,(H,21,24). The Morgan fingerprint density at radius 3 is 2.46 bits per heavy atom. The summed E-state index contributed by atoms with van der Waals surface area (Å²) < 4.78 is 0. The highest BCUT2D eigenvalue weighted by atomic mass is 16.1. The van der Waals surface area contributed by atoms with Crippen LogP contribution in [0.3, 0.4) is 0 Å². The third-order valence-electron chi connectivity index (χ3n) is 3.71. The zero-order chi connectivity index (χ0) is 17.5. The molecule has 6 heteroatoms. The third kappa shape index (κ3) is 4.91. The molecule has 0 saturated heterocycles. The van der Waals surface area contributed by atoms with E-state index in [2.05, 4.69) is 5.32 Å². The summed E-state index contributed by atoms with van der Waals surface area (Å²) in [5, 5.41) is 3.71. The molecule has 126 valence electrons. The molecule has 2 aromatic carbocycles. The fraction of sp³-hybridized carbons (Fsp3) is 0.222. The van der Waals surface area contributed by atoms with E-state index >= 15 is 0 Å². The van der Waals surface area contributed by atoms with Crippen LogP contribution < -0.4 is 16.9 Å². The van der Waals surface area contributed by atoms with E-state index in [1.807, 2.05) is 48.5 Å². The number of nitrogens with one attached hydrogen (secondary N) is 1. The van der Waals surface area contributed by atoms with Gasteiger partial charge in [0.25, 0.3) is 0 Å². The van der Waals surface area contributed by atoms with Gasteiger partial charge in [-0.1, -0.05) is 36.4 Å². The number of hydrazine groups is 1. The molecule has 0 heterocycles. The minimum atomic E-state index is -0.647. The van der Waals surface area contributed by atoms with Gasteiger partial charge in [0.2, 0.25) is 12.3 Å². The quantitative estimate of drug-likeness (QED) is 0.237. The number of aryl methyl sites for hydroxylation is 2. The molecule has 0 aliphatic carbocycles. The van der Waals surface area contributed by atoms with E-state index in [1.165, 1.54) is 6.92 Å². The van der Waals surface area contributed by atoms with Gasteiger partial charge in [-0.2, -0.15) is 0 Å². The van der Waals surface area contributed by atoms with Crippen molar-refractivity contribution in [3.05, 3.63) is 65.2 Å². The smallest absolute Gasteiger partial charge is 0.225 e. The van der Waals surface area contributed by atoms with E-state index in [4.69, 9.17) is 11.6 Å². The number of hydrogen-bond acceptors (Lipinski definition) is 4. The molecular formula is C18H22N4O2. The first-order valence-electron chi connectivity index (χ1n) is 7.69. The van der Waals surface area contributed by atoms with Gasteiger partial charge in [-0.15, -0.1) is 0 Å². The molecule has 0 fully saturated rings. The zero-order valence-corrected chi connectivity index (χ0v) is 13.6. The van der Waals surface area contributed by atoms with Crippen LogP contribution in [-0.2, 0) is 22.4 Å². The minimum absolute atomic E-state index is 0.0802. The lowest BCUT2D eigenvalue weighted by Gasteiger charge is -2.19. The predicted octanol–water partition coefficient (Wildman–Crippen LogP) is 1.72. The van der Waals surface area contributed by atoms with Crippen LogP contribution in [0, 0.1) is 0 Å². The average molecular weight is 326 g/mol. The van der Waals surface area contributed by atoms with E-state index in [0.717, 1.165) is 40.2 Å². The molecule has 0 aliphatic rings. The highest BCUT2D eigenvalue weighted by molar-refractivity contribution is 5.88. The highest BCUT2D eigenvalue weighted by Crippen LogP contribution is 2.16. The van der Waals surface area contributed by atoms with Crippen molar-refractivity contribution in [1.29, 1.82) is 0 Å². The minimum Gasteiger partial charge on any atom is -0.326 e. The van der Waals surface area contributed by atoms with Crippen LogP contribution in [0.4, 0.5) is 5.69 Å². The Morgan fingerprint density at radius 2 is 1.83 bits per heavy atom. The lowest BCUT2D eigenvalue weighted by Crippen LogP contribution is -2.38. The van der Waals surface area contributed by atoms with Crippen molar-refractivity contribution >= 4 is 18.0 Å². The predicted molar refractivity (Wildman–Crippen MR) is 93.6 cm³/mol. The normalized spacial score (nSPS) is 11.6. The number of benzene rings is 2. The number of carbonyl (C=O) groups excluding carboxylic acids is 2. The Labute approximate surface area is 141 Å². The lowest BCUT2D eigenvalue weighted by molar-refractivity contribution is -0.120. The molecule has 5 N–H and O–H groups in total. The maximum atomic E-state index is 11.1. The lowest BCUT2D eigenvalue weighted by atomic mass is 10.0. The maximum Gasteiger partial charge on any atom is 0.225 e. The Hall–Kier alpha value is -2.70. The van der Waals surface area contributed by atoms with E-state index in [1.54, 1.807) is 0 Å². The SMILES string of the molecule is CC(=O)Nc1cccc(CCc2ccc(C(N)N(N)C=O)cc2)c1. The van der Waals surface area contributed by atoms with E-state index in [9.17, 15) is 9.59 Å². The first-order valence-corrected chi connectivity index (χ1v) is 7.69. The van der Waals surface area contributed by atoms with Gasteiger partial charge in [-0.3, -0.25) is 14.6 Å². The molecular weight excluding hydrogens is 304 g/mol. The van der Waals surface area contributed by atoms with Crippen LogP contribution in [0.2, 0.25) is 0 Å². The van der Waals surface area contributed by atoms with Crippen LogP contribution in [0.1, 0.15) is 29.8 Å². The van der Waals surface area contributed by atoms with Crippen molar-refractivity contribution in [2.75, 3.05) is 5.32 Å². The molecule has 2 aromatic rings. The first-order chi connectivity index (χ1) is 11.5. The van der Waals surface area contributed by atoms with Gasteiger partial charge in [0.1, 0.15) is 6.17 Å². The summed E-state index contributed by atoms with van der Waals surface area (Å²) in [6.45, 7) is 1.49. The van der Waals surface area contributed by atoms with Crippen molar-refractivity contribution < 1.29 is 9.59 Å². The topological polar surface area (TPSA) is 101 Å². The number of rotatable bonds is 7. The number of amides is 2. The maximum absolute atomic E-state index is 11.1. The number of nitrogens with zero attached hydrogens (tertiary/aromatic N) is 1. The monoisotopic (exact) mass is 326 g/mol. The Kier molecular flexibility index (Phi) is 6.06. The highest BCUT2D eigenvalue weighted by Gasteiger charge is 2.10. The fourth-order valence-corrected chi connectivity index (χ4v) is 2.42. The van der Waals surface area contributed by atoms with Gasteiger partial charge < -0.3 is 11.1 Å². The van der Waals surface area contributed by atoms with Crippen molar-refractivity contribution in [1.82, 2.24) is 5.01 Å². The van der Waals surface area contributed by atoms with Crippen LogP contribution in [0.15, 0.2) is 48.5 Å². The summed E-state index contributed by atoms with van der Waals surface area (Å²) in [7, 11) is 0. The molecule has 1 unspecified atom stereocenters. The summed E-state index contributed by atoms with van der Waals surface area (Å²) in [5.74, 6) is 5.40. The van der Waals surface area contributed by atoms with Gasteiger partial charge in [-0.25, -0.2) is 5.84 Å². The van der Waals surface area contributed by atoms with Gasteiger partial charge in [-0.05, 0) is 41.7 Å². The Balaban J connectivity index is 1.97. The zero-order valence-electron chi connectivity index (χ0n) is 13.6. The van der Waals surface area contributed by atoms with Crippen molar-refractivity contribution in [3.63, 3.8) is 0 Å². The van der Waals surface area contributed by atoms with E-state index in [-0.39, 0.29) is 5.91 Å². The molecule has 6 nitrogen and oxygen atoms in total. The van der Waals surface area contributed by atoms with Gasteiger partial charge >= 0.3 is 0 Å². The molecule has 2 rings (SSSR count). The second kappa shape index (κ2) is 8.24. The molecule has 0 radical (unpaired) electrons. The van der Waals surface area contributed by atoms with Crippen LogP contribution in [-0.4, -0.2) is 17.3 Å². The average Bonchev–Trinajstić information content (AvgIpc) is 2.59. The summed E-state index contributed by atoms with van der Waals surface area (Å²) in [4.78, 5) is 21.7. The summed E-state index contributed by atoms with van der Waals surface area (Å²) in [6, 6.07) is 15.5. The van der Waals surface area contributed by atoms with E-state index < -0.39 is 6.17 Å². The molecule has 24 heavy (non-hydrogen) atoms. The van der Waals surface area contributed by atoms with Crippen molar-refractivity contribution in [2.45, 2.75) is 25.9 Å². The summed E-state index contributed by atoms with van der Waals surface area (Å²) >= 11 is 0. The number of carbonyl (C=O) groups is 2. The van der Waals surface area contributed by atoms with Crippen LogP contribution in [0.25, 0.3) is 0 Å². The van der Waals surface area contributed by atoms with E-state index in [0.29, 0.717) is 6.41 Å². The van der Waals surface area contributed by atoms with Gasteiger partial charge in [0.05, 0.1) is 0 Å². The molecule has 0 aromatic heterocycles. The van der Waals surface area contributed by atoms with Gasteiger partial charge in [0, 0.05) is 12.6 Å². The summed E-state index contributed by atoms with van der Waals surface area (Å²) in [5.41, 5.74) is 9.75. The summed E-state index contributed by atoms with van der Waals surface area (Å²) in [6.07, 6.45) is 1.57. The second-order valence-electron chi connectivity index (χ2n) is 5.62. The van der Waals surface area contributed by atoms with Gasteiger partial charge in [0.15, 0.2) is 0 Å². The Bertz CT molecular complexity index is 700. The number of nitrogens with two attached hydrogens (primary N) is 2. The van der Waals surface area contributed by atoms with Crippen molar-refractivity contribution in [2.24, 2.45) is 11.6 Å².